The van der Waals surface area contributed by atoms with Crippen LogP contribution in [0.15, 0.2) is 10.7 Å². The Hall–Kier alpha value is -0.880. The minimum atomic E-state index is -0.00647. The zero-order valence-corrected chi connectivity index (χ0v) is 13.0. The Morgan fingerprint density at radius 2 is 2.21 bits per heavy atom. The van der Waals surface area contributed by atoms with Gasteiger partial charge >= 0.3 is 0 Å². The van der Waals surface area contributed by atoms with Crippen molar-refractivity contribution in [2.75, 3.05) is 17.7 Å². The second kappa shape index (κ2) is 6.05. The van der Waals surface area contributed by atoms with E-state index < -0.39 is 0 Å². The summed E-state index contributed by atoms with van der Waals surface area (Å²) in [5.74, 6) is 1.05. The molecule has 0 amide bonds. The minimum absolute atomic E-state index is 0.00647. The lowest BCUT2D eigenvalue weighted by molar-refractivity contribution is -0.0865. The maximum atomic E-state index is 5.96. The Labute approximate surface area is 122 Å². The van der Waals surface area contributed by atoms with Gasteiger partial charge in [0.05, 0.1) is 5.60 Å². The molecule has 1 aromatic rings. The van der Waals surface area contributed by atoms with Crippen molar-refractivity contribution in [3.63, 3.8) is 0 Å². The smallest absolute Gasteiger partial charge is 0.225 e. The van der Waals surface area contributed by atoms with Crippen LogP contribution in [-0.4, -0.2) is 28.2 Å². The maximum Gasteiger partial charge on any atom is 0.225 e. The molecule has 6 heteroatoms. The van der Waals surface area contributed by atoms with Gasteiger partial charge in [0.1, 0.15) is 10.4 Å². The Bertz CT molecular complexity index is 416. The van der Waals surface area contributed by atoms with E-state index in [0.717, 1.165) is 32.3 Å². The number of aromatic nitrogens is 2. The first-order valence-electron chi connectivity index (χ1n) is 6.77. The van der Waals surface area contributed by atoms with Crippen molar-refractivity contribution in [2.24, 2.45) is 0 Å². The molecule has 0 radical (unpaired) electrons. The minimum Gasteiger partial charge on any atom is -0.383 e. The molecule has 1 saturated heterocycles. The third kappa shape index (κ3) is 3.57. The fourth-order valence-electron chi connectivity index (χ4n) is 2.58. The van der Waals surface area contributed by atoms with E-state index >= 15 is 0 Å². The normalized spacial score (nSPS) is 22.2. The van der Waals surface area contributed by atoms with Crippen LogP contribution in [0.5, 0.6) is 0 Å². The molecule has 1 aliphatic rings. The van der Waals surface area contributed by atoms with Gasteiger partial charge in [0.2, 0.25) is 5.95 Å². The van der Waals surface area contributed by atoms with E-state index in [9.17, 15) is 0 Å². The predicted molar refractivity (Wildman–Crippen MR) is 80.1 cm³/mol. The molecular formula is C13H21BrN4O. The van der Waals surface area contributed by atoms with E-state index in [0.29, 0.717) is 22.4 Å². The second-order valence-electron chi connectivity index (χ2n) is 5.01. The predicted octanol–water partition coefficient (Wildman–Crippen LogP) is 2.97. The molecule has 1 unspecified atom stereocenters. The Morgan fingerprint density at radius 3 is 2.84 bits per heavy atom. The van der Waals surface area contributed by atoms with Crippen molar-refractivity contribution in [1.82, 2.24) is 9.97 Å². The van der Waals surface area contributed by atoms with Crippen molar-refractivity contribution in [2.45, 2.75) is 51.2 Å². The van der Waals surface area contributed by atoms with Crippen LogP contribution in [0.1, 0.15) is 39.5 Å². The quantitative estimate of drug-likeness (QED) is 0.831. The molecule has 1 fully saturated rings. The van der Waals surface area contributed by atoms with Crippen LogP contribution in [0, 0.1) is 0 Å². The maximum absolute atomic E-state index is 5.96. The van der Waals surface area contributed by atoms with Crippen LogP contribution in [0.3, 0.4) is 0 Å². The van der Waals surface area contributed by atoms with Crippen LogP contribution < -0.4 is 11.1 Å². The number of nitrogens with one attached hydrogen (secondary N) is 1. The zero-order chi connectivity index (χ0) is 13.9. The molecule has 2 rings (SSSR count). The summed E-state index contributed by atoms with van der Waals surface area (Å²) < 4.78 is 6.67. The van der Waals surface area contributed by atoms with Gasteiger partial charge in [0.15, 0.2) is 0 Å². The third-order valence-electron chi connectivity index (χ3n) is 3.83. The lowest BCUT2D eigenvalue weighted by atomic mass is 9.86. The topological polar surface area (TPSA) is 73.1 Å². The molecule has 2 heterocycles. The number of hydrogen-bond donors (Lipinski definition) is 2. The molecule has 0 aromatic carbocycles. The number of anilines is 2. The van der Waals surface area contributed by atoms with E-state index in [1.54, 1.807) is 6.07 Å². The van der Waals surface area contributed by atoms with E-state index in [2.05, 4.69) is 45.1 Å². The molecule has 0 spiro atoms. The number of nitrogen functional groups attached to an aromatic ring is 1. The molecule has 3 N–H and O–H groups in total. The number of nitrogens with zero attached hydrogens (tertiary/aromatic N) is 2. The van der Waals surface area contributed by atoms with E-state index in [1.807, 2.05) is 0 Å². The highest BCUT2D eigenvalue weighted by Crippen LogP contribution is 2.32. The molecule has 1 atom stereocenters. The first kappa shape index (κ1) is 14.5. The summed E-state index contributed by atoms with van der Waals surface area (Å²) in [6.07, 6.45) is 4.01. The molecule has 19 heavy (non-hydrogen) atoms. The number of rotatable bonds is 4. The van der Waals surface area contributed by atoms with Gasteiger partial charge in [-0.25, -0.2) is 4.98 Å². The Balaban J connectivity index is 2.06. The van der Waals surface area contributed by atoms with Crippen molar-refractivity contribution < 1.29 is 4.74 Å². The van der Waals surface area contributed by atoms with E-state index in [-0.39, 0.29) is 5.60 Å². The van der Waals surface area contributed by atoms with Gasteiger partial charge in [0.25, 0.3) is 0 Å². The van der Waals surface area contributed by atoms with Crippen molar-refractivity contribution in [3.8, 4) is 0 Å². The molecule has 0 aliphatic carbocycles. The monoisotopic (exact) mass is 328 g/mol. The Morgan fingerprint density at radius 1 is 1.47 bits per heavy atom. The van der Waals surface area contributed by atoms with Gasteiger partial charge in [-0.05, 0) is 41.6 Å². The van der Waals surface area contributed by atoms with Gasteiger partial charge < -0.3 is 15.8 Å². The van der Waals surface area contributed by atoms with Crippen LogP contribution in [0.2, 0.25) is 0 Å². The molecule has 1 aliphatic heterocycles. The zero-order valence-electron chi connectivity index (χ0n) is 11.4. The molecule has 1 aromatic heterocycles. The van der Waals surface area contributed by atoms with Crippen LogP contribution in [-0.2, 0) is 4.74 Å². The molecular weight excluding hydrogens is 308 g/mol. The summed E-state index contributed by atoms with van der Waals surface area (Å²) in [4.78, 5) is 8.51. The summed E-state index contributed by atoms with van der Waals surface area (Å²) in [6, 6.07) is 2.03. The average molecular weight is 329 g/mol. The number of hydrogen-bond acceptors (Lipinski definition) is 5. The van der Waals surface area contributed by atoms with Crippen molar-refractivity contribution >= 4 is 27.7 Å². The summed E-state index contributed by atoms with van der Waals surface area (Å²) >= 11 is 3.33. The lowest BCUT2D eigenvalue weighted by Crippen LogP contribution is -2.43. The number of halogens is 1. The number of ether oxygens (including phenoxy) is 1. The lowest BCUT2D eigenvalue weighted by Gasteiger charge is -2.40. The molecule has 0 bridgehead atoms. The fraction of sp³-hybridized carbons (Fsp3) is 0.692. The highest BCUT2D eigenvalue weighted by molar-refractivity contribution is 9.10. The molecule has 106 valence electrons. The summed E-state index contributed by atoms with van der Waals surface area (Å²) in [5.41, 5.74) is 5.72. The first-order chi connectivity index (χ1) is 9.07. The fourth-order valence-corrected chi connectivity index (χ4v) is 2.98. The summed E-state index contributed by atoms with van der Waals surface area (Å²) in [6.45, 7) is 5.14. The SMILES string of the molecule is CCC1(CC)CC(Nc2nc(N)cc(Br)n2)CCO1. The van der Waals surface area contributed by atoms with Crippen molar-refractivity contribution in [3.05, 3.63) is 10.7 Å². The molecule has 5 nitrogen and oxygen atoms in total. The van der Waals surface area contributed by atoms with Crippen LogP contribution >= 0.6 is 15.9 Å². The summed E-state index contributed by atoms with van der Waals surface area (Å²) in [5, 5.41) is 3.37. The number of nitrogens with two attached hydrogens (primary N) is 1. The van der Waals surface area contributed by atoms with Gasteiger partial charge in [-0.2, -0.15) is 4.98 Å². The third-order valence-corrected chi connectivity index (χ3v) is 4.24. The molecule has 0 saturated carbocycles. The van der Waals surface area contributed by atoms with Gasteiger partial charge in [-0.1, -0.05) is 13.8 Å². The van der Waals surface area contributed by atoms with Crippen LogP contribution in [0.25, 0.3) is 0 Å². The van der Waals surface area contributed by atoms with Gasteiger partial charge in [-0.15, -0.1) is 0 Å². The van der Waals surface area contributed by atoms with Gasteiger partial charge in [-0.3, -0.25) is 0 Å². The highest BCUT2D eigenvalue weighted by atomic mass is 79.9. The Kier molecular flexibility index (Phi) is 4.62. The van der Waals surface area contributed by atoms with Crippen LogP contribution in [0.4, 0.5) is 11.8 Å². The average Bonchev–Trinajstić information content (AvgIpc) is 2.37. The first-order valence-corrected chi connectivity index (χ1v) is 7.57. The second-order valence-corrected chi connectivity index (χ2v) is 5.82. The largest absolute Gasteiger partial charge is 0.383 e. The van der Waals surface area contributed by atoms with E-state index in [1.165, 1.54) is 0 Å². The summed E-state index contributed by atoms with van der Waals surface area (Å²) in [7, 11) is 0. The van der Waals surface area contributed by atoms with Crippen molar-refractivity contribution in [1.29, 1.82) is 0 Å². The highest BCUT2D eigenvalue weighted by Gasteiger charge is 2.34. The van der Waals surface area contributed by atoms with Gasteiger partial charge in [0, 0.05) is 18.7 Å². The van der Waals surface area contributed by atoms with E-state index in [4.69, 9.17) is 10.5 Å². The standard InChI is InChI=1S/C13H21BrN4O/c1-3-13(4-2)8-9(5-6-19-13)16-12-17-10(14)7-11(15)18-12/h7,9H,3-6,8H2,1-2H3,(H3,15,16,17,18).